The SMILES string of the molecule is COC(=O)/C=C/CNC(=O)c1cnc(N[C@@H]2CCCc3ccccc32)nc1C. The topological polar surface area (TPSA) is 93.2 Å². The number of hydrogen-bond acceptors (Lipinski definition) is 6. The number of anilines is 1. The molecule has 3 rings (SSSR count). The van der Waals surface area contributed by atoms with Crippen molar-refractivity contribution in [1.29, 1.82) is 0 Å². The lowest BCUT2D eigenvalue weighted by Crippen LogP contribution is -2.25. The summed E-state index contributed by atoms with van der Waals surface area (Å²) >= 11 is 0. The van der Waals surface area contributed by atoms with E-state index in [0.29, 0.717) is 17.2 Å². The Morgan fingerprint density at radius 2 is 2.14 bits per heavy atom. The summed E-state index contributed by atoms with van der Waals surface area (Å²) in [5.74, 6) is -0.239. The highest BCUT2D eigenvalue weighted by molar-refractivity contribution is 5.95. The van der Waals surface area contributed by atoms with Gasteiger partial charge in [-0.25, -0.2) is 14.8 Å². The fourth-order valence-corrected chi connectivity index (χ4v) is 3.29. The van der Waals surface area contributed by atoms with Crippen molar-refractivity contribution in [3.63, 3.8) is 0 Å². The van der Waals surface area contributed by atoms with E-state index in [0.717, 1.165) is 19.3 Å². The lowest BCUT2D eigenvalue weighted by molar-refractivity contribution is -0.134. The van der Waals surface area contributed by atoms with Crippen LogP contribution in [0.2, 0.25) is 0 Å². The van der Waals surface area contributed by atoms with E-state index in [4.69, 9.17) is 0 Å². The maximum atomic E-state index is 12.3. The highest BCUT2D eigenvalue weighted by Crippen LogP contribution is 2.31. The van der Waals surface area contributed by atoms with Gasteiger partial charge < -0.3 is 15.4 Å². The number of esters is 1. The number of carbonyl (C=O) groups is 2. The summed E-state index contributed by atoms with van der Waals surface area (Å²) in [5.41, 5.74) is 3.64. The number of benzene rings is 1. The molecule has 1 aliphatic rings. The van der Waals surface area contributed by atoms with Gasteiger partial charge in [-0.3, -0.25) is 4.79 Å². The van der Waals surface area contributed by atoms with Gasteiger partial charge in [0.1, 0.15) is 0 Å². The van der Waals surface area contributed by atoms with Gasteiger partial charge >= 0.3 is 5.97 Å². The van der Waals surface area contributed by atoms with E-state index in [1.165, 1.54) is 36.6 Å². The summed E-state index contributed by atoms with van der Waals surface area (Å²) in [6.07, 6.45) is 7.55. The first kappa shape index (κ1) is 19.5. The molecule has 1 aliphatic carbocycles. The summed E-state index contributed by atoms with van der Waals surface area (Å²) < 4.78 is 4.49. The van der Waals surface area contributed by atoms with Crippen LogP contribution in [0.5, 0.6) is 0 Å². The van der Waals surface area contributed by atoms with Crippen LogP contribution in [0.15, 0.2) is 42.6 Å². The summed E-state index contributed by atoms with van der Waals surface area (Å²) in [5, 5.41) is 6.10. The fraction of sp³-hybridized carbons (Fsp3) is 0.333. The molecule has 0 fully saturated rings. The van der Waals surface area contributed by atoms with Crippen LogP contribution in [0.25, 0.3) is 0 Å². The van der Waals surface area contributed by atoms with Gasteiger partial charge in [-0.2, -0.15) is 0 Å². The first-order chi connectivity index (χ1) is 13.6. The number of methoxy groups -OCH3 is 1. The number of nitrogens with zero attached hydrogens (tertiary/aromatic N) is 2. The second-order valence-electron chi connectivity index (χ2n) is 6.62. The molecule has 1 atom stereocenters. The van der Waals surface area contributed by atoms with Crippen molar-refractivity contribution >= 4 is 17.8 Å². The number of amides is 1. The summed E-state index contributed by atoms with van der Waals surface area (Å²) in [6.45, 7) is 1.99. The Hall–Kier alpha value is -3.22. The van der Waals surface area contributed by atoms with Gasteiger partial charge in [0.25, 0.3) is 5.91 Å². The van der Waals surface area contributed by atoms with Crippen LogP contribution in [0.4, 0.5) is 5.95 Å². The maximum absolute atomic E-state index is 12.3. The Labute approximate surface area is 164 Å². The molecule has 146 valence electrons. The highest BCUT2D eigenvalue weighted by atomic mass is 16.5. The van der Waals surface area contributed by atoms with Crippen LogP contribution in [0, 0.1) is 6.92 Å². The molecule has 1 heterocycles. The minimum Gasteiger partial charge on any atom is -0.466 e. The average Bonchev–Trinajstić information content (AvgIpc) is 2.71. The lowest BCUT2D eigenvalue weighted by atomic mass is 9.88. The van der Waals surface area contributed by atoms with Gasteiger partial charge in [-0.05, 0) is 37.3 Å². The molecule has 0 radical (unpaired) electrons. The molecule has 1 amide bonds. The summed E-state index contributed by atoms with van der Waals surface area (Å²) in [4.78, 5) is 32.1. The number of nitrogens with one attached hydrogen (secondary N) is 2. The Morgan fingerprint density at radius 1 is 1.32 bits per heavy atom. The number of aryl methyl sites for hydroxylation is 2. The van der Waals surface area contributed by atoms with Crippen molar-refractivity contribution in [1.82, 2.24) is 15.3 Å². The molecule has 1 aromatic carbocycles. The van der Waals surface area contributed by atoms with E-state index < -0.39 is 5.97 Å². The zero-order valence-corrected chi connectivity index (χ0v) is 16.1. The van der Waals surface area contributed by atoms with Gasteiger partial charge in [0.15, 0.2) is 0 Å². The summed E-state index contributed by atoms with van der Waals surface area (Å²) in [7, 11) is 1.30. The quantitative estimate of drug-likeness (QED) is 0.591. The lowest BCUT2D eigenvalue weighted by Gasteiger charge is -2.26. The minimum absolute atomic E-state index is 0.174. The molecule has 0 saturated heterocycles. The van der Waals surface area contributed by atoms with E-state index in [1.54, 1.807) is 6.92 Å². The van der Waals surface area contributed by atoms with Gasteiger partial charge in [0, 0.05) is 18.8 Å². The number of fused-ring (bicyclic) bond motifs is 1. The normalized spacial score (nSPS) is 15.7. The van der Waals surface area contributed by atoms with Crippen molar-refractivity contribution < 1.29 is 14.3 Å². The summed E-state index contributed by atoms with van der Waals surface area (Å²) in [6, 6.07) is 8.59. The number of hydrogen-bond donors (Lipinski definition) is 2. The van der Waals surface area contributed by atoms with E-state index in [1.807, 2.05) is 6.07 Å². The second-order valence-corrected chi connectivity index (χ2v) is 6.62. The first-order valence-corrected chi connectivity index (χ1v) is 9.29. The third-order valence-corrected chi connectivity index (χ3v) is 4.73. The van der Waals surface area contributed by atoms with Crippen molar-refractivity contribution in [3.8, 4) is 0 Å². The largest absolute Gasteiger partial charge is 0.466 e. The zero-order chi connectivity index (χ0) is 19.9. The molecule has 0 bridgehead atoms. The van der Waals surface area contributed by atoms with E-state index >= 15 is 0 Å². The number of aromatic nitrogens is 2. The van der Waals surface area contributed by atoms with E-state index in [9.17, 15) is 9.59 Å². The molecule has 0 spiro atoms. The molecule has 2 N–H and O–H groups in total. The van der Waals surface area contributed by atoms with Crippen molar-refractivity contribution in [2.24, 2.45) is 0 Å². The third-order valence-electron chi connectivity index (χ3n) is 4.73. The Morgan fingerprint density at radius 3 is 2.93 bits per heavy atom. The molecule has 28 heavy (non-hydrogen) atoms. The minimum atomic E-state index is -0.464. The van der Waals surface area contributed by atoms with Gasteiger partial charge in [0.05, 0.1) is 24.4 Å². The van der Waals surface area contributed by atoms with Crippen LogP contribution in [0.3, 0.4) is 0 Å². The fourth-order valence-electron chi connectivity index (χ4n) is 3.29. The number of ether oxygens (including phenoxy) is 1. The van der Waals surface area contributed by atoms with Crippen LogP contribution in [0.1, 0.15) is 46.1 Å². The molecule has 0 aliphatic heterocycles. The molecule has 0 saturated carbocycles. The molecular formula is C21H24N4O3. The van der Waals surface area contributed by atoms with Crippen LogP contribution >= 0.6 is 0 Å². The molecule has 1 aromatic heterocycles. The predicted octanol–water partition coefficient (Wildman–Crippen LogP) is 2.73. The highest BCUT2D eigenvalue weighted by Gasteiger charge is 2.21. The smallest absolute Gasteiger partial charge is 0.330 e. The number of rotatable bonds is 6. The van der Waals surface area contributed by atoms with Crippen molar-refractivity contribution in [2.45, 2.75) is 32.2 Å². The van der Waals surface area contributed by atoms with E-state index in [-0.39, 0.29) is 18.5 Å². The van der Waals surface area contributed by atoms with E-state index in [2.05, 4.69) is 43.5 Å². The van der Waals surface area contributed by atoms with Crippen molar-refractivity contribution in [3.05, 3.63) is 65.0 Å². The van der Waals surface area contributed by atoms with Gasteiger partial charge in [-0.15, -0.1) is 0 Å². The maximum Gasteiger partial charge on any atom is 0.330 e. The second kappa shape index (κ2) is 9.12. The van der Waals surface area contributed by atoms with Crippen LogP contribution in [-0.4, -0.2) is 35.5 Å². The Balaban J connectivity index is 1.64. The molecular weight excluding hydrogens is 356 g/mol. The Bertz CT molecular complexity index is 895. The van der Waals surface area contributed by atoms with Gasteiger partial charge in [0.2, 0.25) is 5.95 Å². The Kier molecular flexibility index (Phi) is 6.37. The standard InChI is InChI=1S/C21H24N4O3/c1-14-17(20(27)22-12-6-11-19(26)28-2)13-23-21(24-14)25-18-10-5-8-15-7-3-4-9-16(15)18/h3-4,6-7,9,11,13,18H,5,8,10,12H2,1-2H3,(H,22,27)(H,23,24,25)/b11-6+/t18-/m1/s1. The third kappa shape index (κ3) is 4.73. The van der Waals surface area contributed by atoms with Crippen molar-refractivity contribution in [2.75, 3.05) is 19.0 Å². The van der Waals surface area contributed by atoms with Gasteiger partial charge in [-0.1, -0.05) is 30.3 Å². The van der Waals surface area contributed by atoms with Crippen LogP contribution < -0.4 is 10.6 Å². The monoisotopic (exact) mass is 380 g/mol. The predicted molar refractivity (Wildman–Crippen MR) is 106 cm³/mol. The first-order valence-electron chi connectivity index (χ1n) is 9.29. The van der Waals surface area contributed by atoms with Crippen LogP contribution in [-0.2, 0) is 16.0 Å². The average molecular weight is 380 g/mol. The zero-order valence-electron chi connectivity index (χ0n) is 16.1. The molecule has 7 heteroatoms. The number of carbonyl (C=O) groups excluding carboxylic acids is 2. The molecule has 2 aromatic rings. The molecule has 0 unspecified atom stereocenters. The molecule has 7 nitrogen and oxygen atoms in total.